The molecule has 0 radical (unpaired) electrons. The van der Waals surface area contributed by atoms with E-state index in [0.29, 0.717) is 0 Å². The molecule has 0 spiro atoms. The standard InChI is InChI=1S/C15H22BrFN2/c1-2-18-10-12-5-7-19(8-6-12)11-13-9-14(16)3-4-15(13)17/h3-4,9,12,18H,2,5-8,10-11H2,1H3. The Bertz CT molecular complexity index is 403. The number of nitrogens with zero attached hydrogens (tertiary/aromatic N) is 1. The van der Waals surface area contributed by atoms with Crippen LogP contribution in [-0.2, 0) is 6.54 Å². The highest BCUT2D eigenvalue weighted by Gasteiger charge is 2.19. The second-order valence-electron chi connectivity index (χ2n) is 5.26. The molecule has 0 amide bonds. The highest BCUT2D eigenvalue weighted by Crippen LogP contribution is 2.21. The molecule has 0 bridgehead atoms. The number of likely N-dealkylation sites (tertiary alicyclic amines) is 1. The van der Waals surface area contributed by atoms with Crippen molar-refractivity contribution in [2.75, 3.05) is 26.2 Å². The monoisotopic (exact) mass is 328 g/mol. The van der Waals surface area contributed by atoms with Crippen molar-refractivity contribution in [2.45, 2.75) is 26.3 Å². The lowest BCUT2D eigenvalue weighted by molar-refractivity contribution is 0.174. The van der Waals surface area contributed by atoms with Gasteiger partial charge in [0.25, 0.3) is 0 Å². The largest absolute Gasteiger partial charge is 0.317 e. The van der Waals surface area contributed by atoms with Gasteiger partial charge in [-0.05, 0) is 63.1 Å². The first-order chi connectivity index (χ1) is 9.19. The Labute approximate surface area is 123 Å². The van der Waals surface area contributed by atoms with E-state index in [1.165, 1.54) is 18.9 Å². The highest BCUT2D eigenvalue weighted by atomic mass is 79.9. The molecule has 0 atom stereocenters. The fourth-order valence-electron chi connectivity index (χ4n) is 2.60. The lowest BCUT2D eigenvalue weighted by Gasteiger charge is -2.32. The maximum atomic E-state index is 13.7. The van der Waals surface area contributed by atoms with Gasteiger partial charge in [-0.25, -0.2) is 4.39 Å². The van der Waals surface area contributed by atoms with Crippen LogP contribution in [-0.4, -0.2) is 31.1 Å². The van der Waals surface area contributed by atoms with Crippen LogP contribution in [0.5, 0.6) is 0 Å². The molecular weight excluding hydrogens is 307 g/mol. The van der Waals surface area contributed by atoms with Gasteiger partial charge in [-0.2, -0.15) is 0 Å². The number of halogens is 2. The average molecular weight is 329 g/mol. The summed E-state index contributed by atoms with van der Waals surface area (Å²) in [4.78, 5) is 2.35. The van der Waals surface area contributed by atoms with Crippen LogP contribution in [0.15, 0.2) is 22.7 Å². The molecule has 1 aromatic rings. The fraction of sp³-hybridized carbons (Fsp3) is 0.600. The van der Waals surface area contributed by atoms with Crippen LogP contribution in [0.3, 0.4) is 0 Å². The number of piperidine rings is 1. The third-order valence-electron chi connectivity index (χ3n) is 3.79. The minimum absolute atomic E-state index is 0.0991. The minimum Gasteiger partial charge on any atom is -0.317 e. The Morgan fingerprint density at radius 3 is 2.79 bits per heavy atom. The molecule has 0 saturated carbocycles. The van der Waals surface area contributed by atoms with Gasteiger partial charge in [0.05, 0.1) is 0 Å². The third-order valence-corrected chi connectivity index (χ3v) is 4.29. The summed E-state index contributed by atoms with van der Waals surface area (Å²) >= 11 is 3.41. The molecule has 1 saturated heterocycles. The van der Waals surface area contributed by atoms with Crippen molar-refractivity contribution in [3.63, 3.8) is 0 Å². The van der Waals surface area contributed by atoms with Crippen LogP contribution >= 0.6 is 15.9 Å². The molecule has 0 unspecified atom stereocenters. The average Bonchev–Trinajstić information content (AvgIpc) is 2.42. The lowest BCUT2D eigenvalue weighted by Crippen LogP contribution is -2.37. The molecule has 0 aliphatic carbocycles. The first kappa shape index (κ1) is 14.9. The number of hydrogen-bond acceptors (Lipinski definition) is 2. The first-order valence-corrected chi connectivity index (χ1v) is 7.85. The van der Waals surface area contributed by atoms with Gasteiger partial charge in [0.2, 0.25) is 0 Å². The molecular formula is C15H22BrFN2. The van der Waals surface area contributed by atoms with Gasteiger partial charge in [0, 0.05) is 16.6 Å². The van der Waals surface area contributed by atoms with Crippen LogP contribution < -0.4 is 5.32 Å². The Morgan fingerprint density at radius 1 is 1.37 bits per heavy atom. The van der Waals surface area contributed by atoms with E-state index in [1.807, 2.05) is 6.07 Å². The van der Waals surface area contributed by atoms with Crippen LogP contribution in [0, 0.1) is 11.7 Å². The molecule has 1 aromatic carbocycles. The molecule has 2 rings (SSSR count). The Balaban J connectivity index is 1.83. The van der Waals surface area contributed by atoms with Crippen LogP contribution in [0.25, 0.3) is 0 Å². The summed E-state index contributed by atoms with van der Waals surface area (Å²) in [6, 6.07) is 5.18. The van der Waals surface area contributed by atoms with Crippen molar-refractivity contribution < 1.29 is 4.39 Å². The maximum Gasteiger partial charge on any atom is 0.127 e. The normalized spacial score (nSPS) is 17.8. The van der Waals surface area contributed by atoms with E-state index in [9.17, 15) is 4.39 Å². The summed E-state index contributed by atoms with van der Waals surface area (Å²) in [7, 11) is 0. The number of nitrogens with one attached hydrogen (secondary N) is 1. The van der Waals surface area contributed by atoms with E-state index < -0.39 is 0 Å². The smallest absolute Gasteiger partial charge is 0.127 e. The van der Waals surface area contributed by atoms with Gasteiger partial charge in [-0.3, -0.25) is 4.90 Å². The molecule has 1 fully saturated rings. The van der Waals surface area contributed by atoms with E-state index in [1.54, 1.807) is 6.07 Å². The van der Waals surface area contributed by atoms with Crippen molar-refractivity contribution in [3.05, 3.63) is 34.1 Å². The van der Waals surface area contributed by atoms with Crippen molar-refractivity contribution >= 4 is 15.9 Å². The van der Waals surface area contributed by atoms with Crippen molar-refractivity contribution in [2.24, 2.45) is 5.92 Å². The molecule has 106 valence electrons. The summed E-state index contributed by atoms with van der Waals surface area (Å²) in [6.45, 7) is 7.17. The topological polar surface area (TPSA) is 15.3 Å². The molecule has 1 aliphatic heterocycles. The highest BCUT2D eigenvalue weighted by molar-refractivity contribution is 9.10. The molecule has 19 heavy (non-hydrogen) atoms. The first-order valence-electron chi connectivity index (χ1n) is 7.06. The third kappa shape index (κ3) is 4.55. The Kier molecular flexibility index (Phi) is 5.79. The number of hydrogen-bond donors (Lipinski definition) is 1. The van der Waals surface area contributed by atoms with Crippen LogP contribution in [0.1, 0.15) is 25.3 Å². The fourth-order valence-corrected chi connectivity index (χ4v) is 3.01. The SMILES string of the molecule is CCNCC1CCN(Cc2cc(Br)ccc2F)CC1. The molecule has 1 heterocycles. The second-order valence-corrected chi connectivity index (χ2v) is 6.18. The minimum atomic E-state index is -0.0991. The number of rotatable bonds is 5. The predicted octanol–water partition coefficient (Wildman–Crippen LogP) is 3.41. The van der Waals surface area contributed by atoms with Gasteiger partial charge < -0.3 is 5.32 Å². The summed E-state index contributed by atoms with van der Waals surface area (Å²) in [5, 5.41) is 3.41. The Hall–Kier alpha value is -0.450. The number of benzene rings is 1. The zero-order valence-corrected chi connectivity index (χ0v) is 13.0. The van der Waals surface area contributed by atoms with E-state index in [0.717, 1.165) is 48.7 Å². The lowest BCUT2D eigenvalue weighted by atomic mass is 9.96. The van der Waals surface area contributed by atoms with E-state index in [-0.39, 0.29) is 5.82 Å². The van der Waals surface area contributed by atoms with Crippen molar-refractivity contribution in [3.8, 4) is 0 Å². The summed E-state index contributed by atoms with van der Waals surface area (Å²) in [5.74, 6) is 0.682. The molecule has 1 N–H and O–H groups in total. The molecule has 0 aromatic heterocycles. The second kappa shape index (κ2) is 7.36. The molecule has 1 aliphatic rings. The van der Waals surface area contributed by atoms with Gasteiger partial charge >= 0.3 is 0 Å². The van der Waals surface area contributed by atoms with Crippen molar-refractivity contribution in [1.82, 2.24) is 10.2 Å². The van der Waals surface area contributed by atoms with Gasteiger partial charge in [0.15, 0.2) is 0 Å². The zero-order valence-electron chi connectivity index (χ0n) is 11.5. The van der Waals surface area contributed by atoms with Crippen LogP contribution in [0.4, 0.5) is 4.39 Å². The van der Waals surface area contributed by atoms with Gasteiger partial charge in [-0.15, -0.1) is 0 Å². The maximum absolute atomic E-state index is 13.7. The van der Waals surface area contributed by atoms with Gasteiger partial charge in [0.1, 0.15) is 5.82 Å². The molecule has 2 nitrogen and oxygen atoms in total. The van der Waals surface area contributed by atoms with Crippen LogP contribution in [0.2, 0.25) is 0 Å². The van der Waals surface area contributed by atoms with Gasteiger partial charge in [-0.1, -0.05) is 22.9 Å². The molecule has 4 heteroatoms. The van der Waals surface area contributed by atoms with Crippen molar-refractivity contribution in [1.29, 1.82) is 0 Å². The quantitative estimate of drug-likeness (QED) is 0.891. The summed E-state index contributed by atoms with van der Waals surface area (Å²) < 4.78 is 14.7. The summed E-state index contributed by atoms with van der Waals surface area (Å²) in [6.07, 6.45) is 2.42. The Morgan fingerprint density at radius 2 is 2.11 bits per heavy atom. The van der Waals surface area contributed by atoms with E-state index in [2.05, 4.69) is 33.1 Å². The summed E-state index contributed by atoms with van der Waals surface area (Å²) in [5.41, 5.74) is 0.791. The zero-order chi connectivity index (χ0) is 13.7. The van der Waals surface area contributed by atoms with E-state index in [4.69, 9.17) is 0 Å². The predicted molar refractivity (Wildman–Crippen MR) is 80.6 cm³/mol. The van der Waals surface area contributed by atoms with E-state index >= 15 is 0 Å².